The van der Waals surface area contributed by atoms with E-state index in [1.165, 1.54) is 29.4 Å². The van der Waals surface area contributed by atoms with Gasteiger partial charge in [-0.05, 0) is 12.1 Å². The third-order valence-corrected chi connectivity index (χ3v) is 4.12. The smallest absolute Gasteiger partial charge is 0.301 e. The molecule has 7 nitrogen and oxygen atoms in total. The Hall–Kier alpha value is -3.75. The van der Waals surface area contributed by atoms with Crippen molar-refractivity contribution in [3.05, 3.63) is 78.5 Å². The SMILES string of the molecule is CC(F)(F)c1ccc(Cn2cc(NC(=O)c3ncoc3-c3ccccc3)cn2)o1. The number of carbonyl (C=O) groups excluding carboxylic acids is 1. The first-order chi connectivity index (χ1) is 13.9. The van der Waals surface area contributed by atoms with Crippen LogP contribution in [0.2, 0.25) is 0 Å². The lowest BCUT2D eigenvalue weighted by Crippen LogP contribution is -2.13. The Morgan fingerprint density at radius 1 is 1.21 bits per heavy atom. The Morgan fingerprint density at radius 3 is 2.72 bits per heavy atom. The molecule has 0 aliphatic heterocycles. The summed E-state index contributed by atoms with van der Waals surface area (Å²) in [6.07, 6.45) is 4.21. The highest BCUT2D eigenvalue weighted by Gasteiger charge is 2.28. The summed E-state index contributed by atoms with van der Waals surface area (Å²) in [4.78, 5) is 16.6. The van der Waals surface area contributed by atoms with Crippen molar-refractivity contribution >= 4 is 11.6 Å². The van der Waals surface area contributed by atoms with E-state index >= 15 is 0 Å². The number of nitrogens with zero attached hydrogens (tertiary/aromatic N) is 3. The van der Waals surface area contributed by atoms with Gasteiger partial charge in [0.1, 0.15) is 5.76 Å². The van der Waals surface area contributed by atoms with Crippen molar-refractivity contribution in [2.45, 2.75) is 19.4 Å². The van der Waals surface area contributed by atoms with Crippen LogP contribution in [0.25, 0.3) is 11.3 Å². The van der Waals surface area contributed by atoms with Gasteiger partial charge in [0.25, 0.3) is 5.91 Å². The van der Waals surface area contributed by atoms with Gasteiger partial charge in [0.05, 0.1) is 18.4 Å². The minimum Gasteiger partial charge on any atom is -0.458 e. The van der Waals surface area contributed by atoms with E-state index < -0.39 is 17.6 Å². The number of amides is 1. The molecule has 0 fully saturated rings. The summed E-state index contributed by atoms with van der Waals surface area (Å²) in [5, 5.41) is 6.80. The van der Waals surface area contributed by atoms with Crippen LogP contribution in [0.3, 0.4) is 0 Å². The lowest BCUT2D eigenvalue weighted by molar-refractivity contribution is -0.00636. The second kappa shape index (κ2) is 7.34. The molecule has 0 saturated heterocycles. The summed E-state index contributed by atoms with van der Waals surface area (Å²) in [6.45, 7) is 0.913. The number of furan rings is 1. The number of hydrogen-bond donors (Lipinski definition) is 1. The maximum atomic E-state index is 13.3. The number of rotatable bonds is 6. The molecule has 9 heteroatoms. The molecule has 0 atom stereocenters. The summed E-state index contributed by atoms with van der Waals surface area (Å²) in [5.74, 6) is -3.23. The van der Waals surface area contributed by atoms with E-state index in [0.717, 1.165) is 12.5 Å². The van der Waals surface area contributed by atoms with Crippen molar-refractivity contribution < 1.29 is 22.4 Å². The normalized spacial score (nSPS) is 11.6. The quantitative estimate of drug-likeness (QED) is 0.515. The van der Waals surface area contributed by atoms with Crippen molar-refractivity contribution in [3.8, 4) is 11.3 Å². The first-order valence-electron chi connectivity index (χ1n) is 8.70. The molecule has 4 rings (SSSR count). The zero-order chi connectivity index (χ0) is 20.4. The molecular weight excluding hydrogens is 382 g/mol. The molecule has 4 aromatic rings. The number of hydrogen-bond acceptors (Lipinski definition) is 5. The molecule has 0 radical (unpaired) electrons. The van der Waals surface area contributed by atoms with Crippen molar-refractivity contribution in [1.82, 2.24) is 14.8 Å². The zero-order valence-electron chi connectivity index (χ0n) is 15.3. The number of benzene rings is 1. The monoisotopic (exact) mass is 398 g/mol. The Labute approximate surface area is 164 Å². The van der Waals surface area contributed by atoms with Crippen molar-refractivity contribution in [1.29, 1.82) is 0 Å². The highest BCUT2D eigenvalue weighted by Crippen LogP contribution is 2.28. The first kappa shape index (κ1) is 18.6. The summed E-state index contributed by atoms with van der Waals surface area (Å²) >= 11 is 0. The Morgan fingerprint density at radius 2 is 2.00 bits per heavy atom. The molecule has 148 valence electrons. The molecular formula is C20H16F2N4O3. The predicted octanol–water partition coefficient (Wildman–Crippen LogP) is 4.54. The Balaban J connectivity index is 1.45. The lowest BCUT2D eigenvalue weighted by atomic mass is 10.1. The predicted molar refractivity (Wildman–Crippen MR) is 99.5 cm³/mol. The summed E-state index contributed by atoms with van der Waals surface area (Å²) in [7, 11) is 0. The molecule has 0 aliphatic rings. The number of nitrogens with one attached hydrogen (secondary N) is 1. The highest BCUT2D eigenvalue weighted by molar-refractivity contribution is 6.06. The van der Waals surface area contributed by atoms with Crippen molar-refractivity contribution in [2.75, 3.05) is 5.32 Å². The average molecular weight is 398 g/mol. The zero-order valence-corrected chi connectivity index (χ0v) is 15.3. The molecule has 29 heavy (non-hydrogen) atoms. The van der Waals surface area contributed by atoms with Gasteiger partial charge in [0, 0.05) is 18.7 Å². The van der Waals surface area contributed by atoms with Gasteiger partial charge in [-0.2, -0.15) is 13.9 Å². The van der Waals surface area contributed by atoms with Crippen LogP contribution in [0.5, 0.6) is 0 Å². The minimum atomic E-state index is -3.05. The largest absolute Gasteiger partial charge is 0.458 e. The van der Waals surface area contributed by atoms with Crippen molar-refractivity contribution in [3.63, 3.8) is 0 Å². The molecule has 3 heterocycles. The van der Waals surface area contributed by atoms with E-state index in [-0.39, 0.29) is 12.2 Å². The minimum absolute atomic E-state index is 0.143. The van der Waals surface area contributed by atoms with Gasteiger partial charge in [-0.3, -0.25) is 9.48 Å². The number of halogens is 2. The molecule has 1 amide bonds. The fourth-order valence-electron chi connectivity index (χ4n) is 2.77. The van der Waals surface area contributed by atoms with E-state index in [0.29, 0.717) is 17.2 Å². The Kier molecular flexibility index (Phi) is 4.71. The van der Waals surface area contributed by atoms with E-state index in [1.807, 2.05) is 30.3 Å². The summed E-state index contributed by atoms with van der Waals surface area (Å²) in [6, 6.07) is 11.8. The van der Waals surface area contributed by atoms with Gasteiger partial charge in [-0.15, -0.1) is 0 Å². The third kappa shape index (κ3) is 4.08. The van der Waals surface area contributed by atoms with E-state index in [4.69, 9.17) is 8.83 Å². The van der Waals surface area contributed by atoms with Crippen LogP contribution in [0.4, 0.5) is 14.5 Å². The van der Waals surface area contributed by atoms with Crippen LogP contribution < -0.4 is 5.32 Å². The van der Waals surface area contributed by atoms with Crippen LogP contribution in [0, 0.1) is 0 Å². The summed E-state index contributed by atoms with van der Waals surface area (Å²) < 4.78 is 38.5. The highest BCUT2D eigenvalue weighted by atomic mass is 19.3. The number of alkyl halides is 2. The fourth-order valence-corrected chi connectivity index (χ4v) is 2.77. The number of carbonyl (C=O) groups is 1. The Bertz CT molecular complexity index is 1130. The molecule has 0 aliphatic carbocycles. The first-order valence-corrected chi connectivity index (χ1v) is 8.70. The van der Waals surface area contributed by atoms with Gasteiger partial charge in [-0.1, -0.05) is 30.3 Å². The number of oxazole rings is 1. The molecule has 0 bridgehead atoms. The van der Waals surface area contributed by atoms with Crippen LogP contribution >= 0.6 is 0 Å². The average Bonchev–Trinajstić information content (AvgIpc) is 3.42. The second-order valence-corrected chi connectivity index (χ2v) is 6.43. The maximum Gasteiger partial charge on any atom is 0.301 e. The molecule has 0 unspecified atom stereocenters. The van der Waals surface area contributed by atoms with Gasteiger partial charge >= 0.3 is 5.92 Å². The van der Waals surface area contributed by atoms with E-state index in [2.05, 4.69) is 15.4 Å². The van der Waals surface area contributed by atoms with E-state index in [9.17, 15) is 13.6 Å². The second-order valence-electron chi connectivity index (χ2n) is 6.43. The topological polar surface area (TPSA) is 86.1 Å². The number of anilines is 1. The standard InChI is InChI=1S/C20H16F2N4O3/c1-20(21,22)16-8-7-15(29-16)11-26-10-14(9-24-26)25-19(27)17-18(28-12-23-17)13-5-3-2-4-6-13/h2-10,12H,11H2,1H3,(H,25,27). The molecule has 1 N–H and O–H groups in total. The maximum absolute atomic E-state index is 13.3. The van der Waals surface area contributed by atoms with Crippen LogP contribution in [-0.4, -0.2) is 20.7 Å². The molecule has 0 saturated carbocycles. The van der Waals surface area contributed by atoms with Gasteiger partial charge in [0.15, 0.2) is 23.6 Å². The van der Waals surface area contributed by atoms with Crippen LogP contribution in [-0.2, 0) is 12.5 Å². The number of aromatic nitrogens is 3. The molecule has 3 aromatic heterocycles. The molecule has 0 spiro atoms. The van der Waals surface area contributed by atoms with Gasteiger partial charge in [-0.25, -0.2) is 4.98 Å². The lowest BCUT2D eigenvalue weighted by Gasteiger charge is -2.05. The van der Waals surface area contributed by atoms with Crippen LogP contribution in [0.1, 0.15) is 28.9 Å². The fraction of sp³-hybridized carbons (Fsp3) is 0.150. The van der Waals surface area contributed by atoms with Gasteiger partial charge < -0.3 is 14.2 Å². The molecule has 1 aromatic carbocycles. The van der Waals surface area contributed by atoms with Crippen molar-refractivity contribution in [2.24, 2.45) is 0 Å². The van der Waals surface area contributed by atoms with E-state index in [1.54, 1.807) is 6.20 Å². The third-order valence-electron chi connectivity index (χ3n) is 4.12. The summed E-state index contributed by atoms with van der Waals surface area (Å²) in [5.41, 5.74) is 1.29. The van der Waals surface area contributed by atoms with Gasteiger partial charge in [0.2, 0.25) is 0 Å². The van der Waals surface area contributed by atoms with Crippen LogP contribution in [0.15, 0.2) is 70.1 Å².